The second-order valence-corrected chi connectivity index (χ2v) is 6.08. The van der Waals surface area contributed by atoms with E-state index in [-0.39, 0.29) is 5.71 Å². The lowest BCUT2D eigenvalue weighted by molar-refractivity contribution is -0.137. The van der Waals surface area contributed by atoms with E-state index in [4.69, 9.17) is 4.74 Å². The van der Waals surface area contributed by atoms with Crippen LogP contribution >= 0.6 is 0 Å². The summed E-state index contributed by atoms with van der Waals surface area (Å²) in [5.74, 6) is -0.519. The third kappa shape index (κ3) is 6.02. The molecule has 0 saturated carbocycles. The highest BCUT2D eigenvalue weighted by molar-refractivity contribution is 5.98. The topological polar surface area (TPSA) is 58.9 Å². The third-order valence-corrected chi connectivity index (χ3v) is 3.03. The number of alkyl halides is 3. The second kappa shape index (κ2) is 7.12. The summed E-state index contributed by atoms with van der Waals surface area (Å²) in [5.41, 5.74) is -0.852. The molecular formula is C16H20F3NO3. The number of aliphatic hydroxyl groups excluding tert-OH is 1. The molecule has 1 N–H and O–H groups in total. The Morgan fingerprint density at radius 1 is 1.22 bits per heavy atom. The Labute approximate surface area is 133 Å². The van der Waals surface area contributed by atoms with E-state index in [2.05, 4.69) is 4.99 Å². The molecule has 1 aromatic rings. The predicted octanol–water partition coefficient (Wildman–Crippen LogP) is 4.18. The van der Waals surface area contributed by atoms with E-state index >= 15 is 0 Å². The van der Waals surface area contributed by atoms with Gasteiger partial charge in [0.1, 0.15) is 5.60 Å². The van der Waals surface area contributed by atoms with Gasteiger partial charge in [-0.1, -0.05) is 19.1 Å². The first-order valence-corrected chi connectivity index (χ1v) is 7.02. The maximum Gasteiger partial charge on any atom is 0.434 e. The summed E-state index contributed by atoms with van der Waals surface area (Å²) in [6.45, 7) is 6.18. The molecule has 4 nitrogen and oxygen atoms in total. The van der Waals surface area contributed by atoms with Crippen LogP contribution in [0.1, 0.15) is 44.7 Å². The van der Waals surface area contributed by atoms with Crippen LogP contribution in [0.3, 0.4) is 0 Å². The molecule has 0 aliphatic rings. The zero-order chi connectivity index (χ0) is 17.8. The van der Waals surface area contributed by atoms with Gasteiger partial charge in [0.15, 0.2) is 0 Å². The van der Waals surface area contributed by atoms with Gasteiger partial charge in [0.25, 0.3) is 0 Å². The summed E-state index contributed by atoms with van der Waals surface area (Å²) >= 11 is 0. The molecule has 0 saturated heterocycles. The number of carbonyl (C=O) groups is 1. The van der Waals surface area contributed by atoms with Crippen molar-refractivity contribution in [3.05, 3.63) is 35.4 Å². The molecule has 7 heteroatoms. The van der Waals surface area contributed by atoms with E-state index in [0.29, 0.717) is 5.56 Å². The smallest absolute Gasteiger partial charge is 0.434 e. The first kappa shape index (κ1) is 19.2. The fourth-order valence-electron chi connectivity index (χ4n) is 1.82. The molecule has 23 heavy (non-hydrogen) atoms. The number of ether oxygens (including phenoxy) is 1. The van der Waals surface area contributed by atoms with Crippen LogP contribution in [0.25, 0.3) is 0 Å². The minimum atomic E-state index is -4.41. The van der Waals surface area contributed by atoms with Gasteiger partial charge >= 0.3 is 12.3 Å². The number of benzene rings is 1. The van der Waals surface area contributed by atoms with E-state index in [1.165, 1.54) is 12.1 Å². The fraction of sp³-hybridized carbons (Fsp3) is 0.500. The quantitative estimate of drug-likeness (QED) is 0.845. The summed E-state index contributed by atoms with van der Waals surface area (Å²) < 4.78 is 42.7. The summed E-state index contributed by atoms with van der Waals surface area (Å²) in [6.07, 6.45) is -5.26. The van der Waals surface area contributed by atoms with Crippen molar-refractivity contribution >= 4 is 11.8 Å². The van der Waals surface area contributed by atoms with Gasteiger partial charge in [0.05, 0.1) is 17.9 Å². The van der Waals surface area contributed by atoms with Crippen molar-refractivity contribution in [3.63, 3.8) is 0 Å². The predicted molar refractivity (Wildman–Crippen MR) is 80.6 cm³/mol. The van der Waals surface area contributed by atoms with Crippen molar-refractivity contribution in [1.29, 1.82) is 0 Å². The Hall–Kier alpha value is -1.89. The van der Waals surface area contributed by atoms with E-state index < -0.39 is 36.0 Å². The minimum absolute atomic E-state index is 0.124. The van der Waals surface area contributed by atoms with Crippen LogP contribution in [0.5, 0.6) is 0 Å². The maximum absolute atomic E-state index is 12.6. The van der Waals surface area contributed by atoms with E-state index in [0.717, 1.165) is 12.1 Å². The lowest BCUT2D eigenvalue weighted by atomic mass is 9.95. The zero-order valence-electron chi connectivity index (χ0n) is 13.4. The maximum atomic E-state index is 12.6. The summed E-state index contributed by atoms with van der Waals surface area (Å²) in [7, 11) is 0. The summed E-state index contributed by atoms with van der Waals surface area (Å²) in [6, 6.07) is 4.50. The molecule has 128 valence electrons. The molecule has 0 bridgehead atoms. The minimum Gasteiger partial charge on any atom is -0.442 e. The molecule has 1 atom stereocenters. The Kier molecular flexibility index (Phi) is 5.93. The van der Waals surface area contributed by atoms with Crippen molar-refractivity contribution in [2.75, 3.05) is 6.61 Å². The molecule has 0 fully saturated rings. The highest BCUT2D eigenvalue weighted by Gasteiger charge is 2.30. The molecule has 0 heterocycles. The normalized spacial score (nSPS) is 14.5. The lowest BCUT2D eigenvalue weighted by Gasteiger charge is -2.19. The van der Waals surface area contributed by atoms with Gasteiger partial charge in [-0.15, -0.1) is 0 Å². The number of nitrogens with zero attached hydrogens (tertiary/aromatic N) is 1. The van der Waals surface area contributed by atoms with Gasteiger partial charge in [-0.05, 0) is 38.5 Å². The number of rotatable bonds is 3. The van der Waals surface area contributed by atoms with Crippen LogP contribution in [0.4, 0.5) is 18.0 Å². The number of aliphatic hydroxyl groups is 1. The SMILES string of the molecule is C[C@H](C(CO)=NC(=O)OC(C)(C)C)c1ccc(C(F)(F)F)cc1. The zero-order valence-corrected chi connectivity index (χ0v) is 13.4. The monoisotopic (exact) mass is 331 g/mol. The summed E-state index contributed by atoms with van der Waals surface area (Å²) in [4.78, 5) is 15.4. The number of hydrogen-bond acceptors (Lipinski definition) is 3. The molecule has 0 aromatic heterocycles. The standard InChI is InChI=1S/C16H20F3NO3/c1-10(11-5-7-12(8-6-11)16(17,18)19)13(9-21)20-14(22)23-15(2,3)4/h5-8,10,21H,9H2,1-4H3/t10-/m0/s1. The van der Waals surface area contributed by atoms with Crippen molar-refractivity contribution in [2.24, 2.45) is 4.99 Å². The number of carbonyl (C=O) groups excluding carboxylic acids is 1. The molecular weight excluding hydrogens is 311 g/mol. The van der Waals surface area contributed by atoms with E-state index in [1.54, 1.807) is 27.7 Å². The lowest BCUT2D eigenvalue weighted by Crippen LogP contribution is -2.24. The Bertz CT molecular complexity index is 572. The van der Waals surface area contributed by atoms with Crippen LogP contribution < -0.4 is 0 Å². The van der Waals surface area contributed by atoms with E-state index in [9.17, 15) is 23.1 Å². The van der Waals surface area contributed by atoms with Gasteiger partial charge in [-0.25, -0.2) is 4.79 Å². The number of aliphatic imine (C=N–C) groups is 1. The van der Waals surface area contributed by atoms with Crippen molar-refractivity contribution in [3.8, 4) is 0 Å². The van der Waals surface area contributed by atoms with Crippen molar-refractivity contribution in [1.82, 2.24) is 0 Å². The molecule has 0 aliphatic heterocycles. The largest absolute Gasteiger partial charge is 0.442 e. The third-order valence-electron chi connectivity index (χ3n) is 3.03. The molecule has 1 aromatic carbocycles. The highest BCUT2D eigenvalue weighted by Crippen LogP contribution is 2.30. The molecule has 1 rings (SSSR count). The van der Waals surface area contributed by atoms with Crippen molar-refractivity contribution in [2.45, 2.75) is 45.4 Å². The molecule has 0 unspecified atom stereocenters. The van der Waals surface area contributed by atoms with Crippen LogP contribution in [0.2, 0.25) is 0 Å². The van der Waals surface area contributed by atoms with Crippen LogP contribution in [0, 0.1) is 0 Å². The first-order valence-electron chi connectivity index (χ1n) is 7.02. The Morgan fingerprint density at radius 3 is 2.13 bits per heavy atom. The van der Waals surface area contributed by atoms with Crippen LogP contribution in [0.15, 0.2) is 29.3 Å². The molecule has 0 radical (unpaired) electrons. The van der Waals surface area contributed by atoms with Crippen molar-refractivity contribution < 1.29 is 27.8 Å². The van der Waals surface area contributed by atoms with Gasteiger partial charge in [0, 0.05) is 5.92 Å². The van der Waals surface area contributed by atoms with Gasteiger partial charge in [-0.2, -0.15) is 18.2 Å². The highest BCUT2D eigenvalue weighted by atomic mass is 19.4. The number of amides is 1. The van der Waals surface area contributed by atoms with E-state index in [1.807, 2.05) is 0 Å². The Morgan fingerprint density at radius 2 is 1.74 bits per heavy atom. The van der Waals surface area contributed by atoms with Gasteiger partial charge < -0.3 is 9.84 Å². The first-order chi connectivity index (χ1) is 10.4. The Balaban J connectivity index is 2.96. The van der Waals surface area contributed by atoms with Crippen LogP contribution in [-0.4, -0.2) is 29.1 Å². The average molecular weight is 331 g/mol. The van der Waals surface area contributed by atoms with Gasteiger partial charge in [0.2, 0.25) is 0 Å². The fourth-order valence-corrected chi connectivity index (χ4v) is 1.82. The van der Waals surface area contributed by atoms with Gasteiger partial charge in [-0.3, -0.25) is 0 Å². The summed E-state index contributed by atoms with van der Waals surface area (Å²) in [5, 5.41) is 9.37. The molecule has 0 aliphatic carbocycles. The molecule has 1 amide bonds. The average Bonchev–Trinajstić information content (AvgIpc) is 2.41. The molecule has 0 spiro atoms. The number of halogens is 3. The van der Waals surface area contributed by atoms with Crippen LogP contribution in [-0.2, 0) is 10.9 Å². The number of hydrogen-bond donors (Lipinski definition) is 1. The second-order valence-electron chi connectivity index (χ2n) is 6.08.